The van der Waals surface area contributed by atoms with Crippen LogP contribution in [-0.2, 0) is 0 Å². The second kappa shape index (κ2) is 4.38. The van der Waals surface area contributed by atoms with Crippen molar-refractivity contribution in [1.82, 2.24) is 0 Å². The van der Waals surface area contributed by atoms with Crippen molar-refractivity contribution in [2.75, 3.05) is 0 Å². The molecule has 5 rings (SSSR count). The van der Waals surface area contributed by atoms with Gasteiger partial charge in [0.1, 0.15) is 0 Å². The molecule has 6 heteroatoms. The van der Waals surface area contributed by atoms with Gasteiger partial charge in [-0.2, -0.15) is 0 Å². The van der Waals surface area contributed by atoms with Gasteiger partial charge < -0.3 is 0 Å². The van der Waals surface area contributed by atoms with Crippen LogP contribution in [0.3, 0.4) is 0 Å². The summed E-state index contributed by atoms with van der Waals surface area (Å²) in [4.78, 5) is 0. The zero-order chi connectivity index (χ0) is 11.7. The average molecular weight is 427 g/mol. The second-order valence-corrected chi connectivity index (χ2v) is 48.1. The number of fused-ring (bicyclic) bond motifs is 10. The van der Waals surface area contributed by atoms with Gasteiger partial charge in [0.05, 0.1) is 0 Å². The first-order chi connectivity index (χ1) is 8.93. The summed E-state index contributed by atoms with van der Waals surface area (Å²) in [7, 11) is 1.29. The average Bonchev–Trinajstić information content (AvgIpc) is 3.07. The molecular weight excluding hydrogens is 418 g/mol. The molecule has 0 nitrogen and oxygen atoms in total. The van der Waals surface area contributed by atoms with E-state index in [1.165, 1.54) is 7.14 Å². The quantitative estimate of drug-likeness (QED) is 0.448. The van der Waals surface area contributed by atoms with Crippen LogP contribution >= 0.6 is 24.5 Å². The first-order valence-electron chi connectivity index (χ1n) is 5.80. The molecule has 2 aromatic rings. The molecule has 2 aromatic carbocycles. The molecule has 3 aliphatic heterocycles. The van der Waals surface area contributed by atoms with Gasteiger partial charge in [-0.15, -0.1) is 0 Å². The molecule has 1 fully saturated rings. The van der Waals surface area contributed by atoms with Gasteiger partial charge in [-0.1, -0.05) is 0 Å². The predicted octanol–water partition coefficient (Wildman–Crippen LogP) is 2.49. The van der Waals surface area contributed by atoms with E-state index in [1.807, 2.05) is 15.9 Å². The Kier molecular flexibility index (Phi) is 2.89. The van der Waals surface area contributed by atoms with E-state index >= 15 is 0 Å². The fourth-order valence-corrected chi connectivity index (χ4v) is 170. The van der Waals surface area contributed by atoms with E-state index < -0.39 is 13.3 Å². The zero-order valence-corrected chi connectivity index (χ0v) is 16.8. The molecule has 2 bridgehead atoms. The third-order valence-corrected chi connectivity index (χ3v) is 94.2. The van der Waals surface area contributed by atoms with Gasteiger partial charge in [-0.05, 0) is 0 Å². The Labute approximate surface area is 121 Å². The maximum atomic E-state index is 2.49. The fourth-order valence-electron chi connectivity index (χ4n) is 2.57. The molecule has 1 radical (unpaired) electrons. The summed E-state index contributed by atoms with van der Waals surface area (Å²) in [6.45, 7) is 0. The molecule has 1 saturated heterocycles. The first kappa shape index (κ1) is 11.9. The Balaban J connectivity index is 1.72. The van der Waals surface area contributed by atoms with Crippen molar-refractivity contribution >= 4 is 73.9 Å². The molecule has 0 N–H and O–H groups in total. The summed E-state index contributed by atoms with van der Waals surface area (Å²) >= 11 is 0.243. The molecule has 5 atom stereocenters. The first-order valence-corrected chi connectivity index (χ1v) is 24.2. The summed E-state index contributed by atoms with van der Waals surface area (Å²) in [5.74, 6) is 0. The van der Waals surface area contributed by atoms with Crippen LogP contribution in [0, 0.1) is 0 Å². The number of rotatable bonds is 0. The Morgan fingerprint density at radius 3 is 2.50 bits per heavy atom. The Morgan fingerprint density at radius 1 is 0.889 bits per heavy atom. The predicted molar refractivity (Wildman–Crippen MR) is 92.0 cm³/mol. The molecule has 3 aliphatic rings. The number of benzene rings is 2. The van der Waals surface area contributed by atoms with Crippen molar-refractivity contribution in [2.45, 2.75) is 0 Å². The Bertz CT molecular complexity index is 662. The van der Waals surface area contributed by atoms with Crippen LogP contribution in [0.2, 0.25) is 0 Å². The van der Waals surface area contributed by atoms with E-state index in [-0.39, 0.29) is 0 Å². The van der Waals surface area contributed by atoms with Crippen LogP contribution in [0.15, 0.2) is 48.5 Å². The zero-order valence-electron chi connectivity index (χ0n) is 9.35. The van der Waals surface area contributed by atoms with Crippen molar-refractivity contribution in [3.63, 3.8) is 0 Å². The molecule has 0 saturated carbocycles. The van der Waals surface area contributed by atoms with Crippen molar-refractivity contribution < 1.29 is 0 Å². The van der Waals surface area contributed by atoms with Crippen LogP contribution in [0.4, 0.5) is 0 Å². The number of hydrogen-bond acceptors (Lipinski definition) is 0. The molecular formula is C12H9As2P4. The summed E-state index contributed by atoms with van der Waals surface area (Å²) in [5.41, 5.74) is 0. The van der Waals surface area contributed by atoms with Gasteiger partial charge in [0.25, 0.3) is 0 Å². The van der Waals surface area contributed by atoms with Crippen molar-refractivity contribution in [1.29, 1.82) is 0 Å². The minimum atomic E-state index is -0.481. The van der Waals surface area contributed by atoms with Gasteiger partial charge >= 0.3 is 122 Å². The molecule has 18 heavy (non-hydrogen) atoms. The summed E-state index contributed by atoms with van der Waals surface area (Å²) in [6.07, 6.45) is 0.732. The second-order valence-electron chi connectivity index (χ2n) is 4.36. The van der Waals surface area contributed by atoms with Crippen molar-refractivity contribution in [3.8, 4) is 0 Å². The van der Waals surface area contributed by atoms with Gasteiger partial charge in [0.2, 0.25) is 0 Å². The van der Waals surface area contributed by atoms with Crippen LogP contribution in [0.25, 0.3) is 0 Å². The molecule has 5 unspecified atom stereocenters. The molecule has 3 heterocycles. The standard InChI is InChI=1S/C12H9As2P4/c1-2-6-10-9(5-1)15-14-16-11-7-3-4-8-12(11)17(13-16)18(10)14/h1-8,15H. The summed E-state index contributed by atoms with van der Waals surface area (Å²) < 4.78 is 0. The normalized spacial score (nSPS) is 36.9. The third kappa shape index (κ3) is 1.50. The van der Waals surface area contributed by atoms with Crippen LogP contribution in [0.5, 0.6) is 0 Å². The summed E-state index contributed by atoms with van der Waals surface area (Å²) in [5, 5.41) is 7.84. The molecule has 0 aliphatic carbocycles. The SMILES string of the molecule is c1ccc2c(c1)P[As]1P3[As]P(c4ccccc43)P21. The Hall–Kier alpha value is 1.28. The third-order valence-electron chi connectivity index (χ3n) is 3.36. The van der Waals surface area contributed by atoms with E-state index in [0.29, 0.717) is 17.4 Å². The Morgan fingerprint density at radius 2 is 1.61 bits per heavy atom. The van der Waals surface area contributed by atoms with Gasteiger partial charge in [0.15, 0.2) is 0 Å². The molecule has 0 spiro atoms. The molecule has 0 amide bonds. The van der Waals surface area contributed by atoms with Crippen LogP contribution < -0.4 is 21.2 Å². The summed E-state index contributed by atoms with van der Waals surface area (Å²) in [6, 6.07) is 19.1. The molecule has 0 aromatic heterocycles. The van der Waals surface area contributed by atoms with E-state index in [1.54, 1.807) is 5.30 Å². The van der Waals surface area contributed by atoms with E-state index in [9.17, 15) is 0 Å². The topological polar surface area (TPSA) is 0 Å². The minimum absolute atomic E-state index is 0.347. The molecule has 87 valence electrons. The van der Waals surface area contributed by atoms with Crippen molar-refractivity contribution in [2.24, 2.45) is 0 Å². The monoisotopic (exact) mass is 427 g/mol. The van der Waals surface area contributed by atoms with Gasteiger partial charge in [-0.25, -0.2) is 0 Å². The maximum absolute atomic E-state index is 2.49. The van der Waals surface area contributed by atoms with Crippen molar-refractivity contribution in [3.05, 3.63) is 48.5 Å². The van der Waals surface area contributed by atoms with E-state index in [0.717, 1.165) is 14.8 Å². The van der Waals surface area contributed by atoms with E-state index in [4.69, 9.17) is 0 Å². The van der Waals surface area contributed by atoms with Crippen LogP contribution in [0.1, 0.15) is 0 Å². The van der Waals surface area contributed by atoms with Gasteiger partial charge in [0, 0.05) is 0 Å². The van der Waals surface area contributed by atoms with Crippen LogP contribution in [-0.4, -0.2) is 28.1 Å². The van der Waals surface area contributed by atoms with E-state index in [2.05, 4.69) is 48.5 Å². The fraction of sp³-hybridized carbons (Fsp3) is 0. The van der Waals surface area contributed by atoms with Gasteiger partial charge in [-0.3, -0.25) is 0 Å². The number of hydrogen-bond donors (Lipinski definition) is 0.